The van der Waals surface area contributed by atoms with Gasteiger partial charge in [-0.15, -0.1) is 5.10 Å². The smallest absolute Gasteiger partial charge is 0.336 e. The fourth-order valence-electron chi connectivity index (χ4n) is 3.06. The fourth-order valence-corrected chi connectivity index (χ4v) is 3.06. The highest BCUT2D eigenvalue weighted by Crippen LogP contribution is 2.25. The molecule has 0 aliphatic carbocycles. The number of hydrogen-bond acceptors (Lipinski definition) is 5. The lowest BCUT2D eigenvalue weighted by Gasteiger charge is -2.10. The van der Waals surface area contributed by atoms with Gasteiger partial charge in [-0.25, -0.2) is 13.5 Å². The van der Waals surface area contributed by atoms with E-state index in [2.05, 4.69) is 15.4 Å². The molecule has 4 rings (SSSR count). The molecule has 6 nitrogen and oxygen atoms in total. The lowest BCUT2D eigenvalue weighted by molar-refractivity contribution is 0.208. The molecule has 0 amide bonds. The number of aliphatic hydroxyl groups is 1. The minimum Gasteiger partial charge on any atom is -0.457 e. The van der Waals surface area contributed by atoms with Crippen molar-refractivity contribution in [3.8, 4) is 23.1 Å². The minimum absolute atomic E-state index is 0.116. The topological polar surface area (TPSA) is 72.2 Å². The SMILES string of the molecule is CC(O)CNc1ccc(-n2nc(OCc3ccc(F)cc3)nc2-c2cccc(F)c2)cc1. The molecular formula is C24H22F2N4O2. The third-order valence-electron chi connectivity index (χ3n) is 4.67. The maximum Gasteiger partial charge on any atom is 0.336 e. The predicted octanol–water partition coefficient (Wildman–Crippen LogP) is 4.58. The molecule has 164 valence electrons. The number of ether oxygens (including phenoxy) is 1. The second-order valence-corrected chi connectivity index (χ2v) is 7.33. The van der Waals surface area contributed by atoms with Crippen molar-refractivity contribution in [2.75, 3.05) is 11.9 Å². The molecule has 1 heterocycles. The number of halogens is 2. The summed E-state index contributed by atoms with van der Waals surface area (Å²) < 4.78 is 34.3. The number of nitrogens with one attached hydrogen (secondary N) is 1. The maximum absolute atomic E-state index is 13.9. The van der Waals surface area contributed by atoms with Crippen LogP contribution in [-0.2, 0) is 6.61 Å². The van der Waals surface area contributed by atoms with Crippen molar-refractivity contribution < 1.29 is 18.6 Å². The van der Waals surface area contributed by atoms with Gasteiger partial charge in [0.25, 0.3) is 0 Å². The van der Waals surface area contributed by atoms with Crippen LogP contribution < -0.4 is 10.1 Å². The highest BCUT2D eigenvalue weighted by Gasteiger charge is 2.16. The fraction of sp³-hybridized carbons (Fsp3) is 0.167. The zero-order valence-electron chi connectivity index (χ0n) is 17.4. The van der Waals surface area contributed by atoms with Crippen molar-refractivity contribution in [1.29, 1.82) is 0 Å². The van der Waals surface area contributed by atoms with Gasteiger partial charge < -0.3 is 15.2 Å². The van der Waals surface area contributed by atoms with Crippen LogP contribution >= 0.6 is 0 Å². The number of rotatable bonds is 8. The third kappa shape index (κ3) is 5.28. The van der Waals surface area contributed by atoms with E-state index in [0.717, 1.165) is 11.3 Å². The molecule has 8 heteroatoms. The Bertz CT molecular complexity index is 1180. The van der Waals surface area contributed by atoms with E-state index in [1.54, 1.807) is 35.9 Å². The van der Waals surface area contributed by atoms with Crippen LogP contribution in [0.4, 0.5) is 14.5 Å². The van der Waals surface area contributed by atoms with Gasteiger partial charge in [0.2, 0.25) is 0 Å². The molecule has 0 radical (unpaired) electrons. The first kappa shape index (κ1) is 21.5. The first-order valence-electron chi connectivity index (χ1n) is 10.1. The first-order valence-corrected chi connectivity index (χ1v) is 10.1. The molecule has 0 spiro atoms. The van der Waals surface area contributed by atoms with Crippen LogP contribution in [0.2, 0.25) is 0 Å². The van der Waals surface area contributed by atoms with Crippen molar-refractivity contribution >= 4 is 5.69 Å². The van der Waals surface area contributed by atoms with E-state index in [0.29, 0.717) is 23.6 Å². The lowest BCUT2D eigenvalue weighted by atomic mass is 10.2. The van der Waals surface area contributed by atoms with Crippen LogP contribution in [0.25, 0.3) is 17.1 Å². The van der Waals surface area contributed by atoms with E-state index in [1.165, 1.54) is 24.3 Å². The summed E-state index contributed by atoms with van der Waals surface area (Å²) in [7, 11) is 0. The minimum atomic E-state index is -0.467. The number of nitrogens with zero attached hydrogens (tertiary/aromatic N) is 3. The van der Waals surface area contributed by atoms with Gasteiger partial charge in [-0.3, -0.25) is 0 Å². The summed E-state index contributed by atoms with van der Waals surface area (Å²) in [5.41, 5.74) is 2.86. The standard InChI is InChI=1S/C24H22F2N4O2/c1-16(31)14-27-21-9-11-22(12-10-21)30-23(18-3-2-4-20(26)13-18)28-24(29-30)32-15-17-5-7-19(25)8-6-17/h2-13,16,27,31H,14-15H2,1H3. The van der Waals surface area contributed by atoms with Crippen molar-refractivity contribution in [3.63, 3.8) is 0 Å². The molecule has 0 saturated carbocycles. The highest BCUT2D eigenvalue weighted by molar-refractivity contribution is 5.59. The summed E-state index contributed by atoms with van der Waals surface area (Å²) in [6.45, 7) is 2.29. The van der Waals surface area contributed by atoms with Crippen LogP contribution in [0.1, 0.15) is 12.5 Å². The van der Waals surface area contributed by atoms with Gasteiger partial charge in [0.15, 0.2) is 5.82 Å². The molecule has 0 aliphatic rings. The molecule has 0 bridgehead atoms. The molecule has 3 aromatic carbocycles. The Hall–Kier alpha value is -3.78. The number of hydrogen-bond donors (Lipinski definition) is 2. The summed E-state index contributed by atoms with van der Waals surface area (Å²) in [6.07, 6.45) is -0.467. The molecule has 4 aromatic rings. The number of aliphatic hydroxyl groups excluding tert-OH is 1. The summed E-state index contributed by atoms with van der Waals surface area (Å²) in [5, 5.41) is 17.0. The molecule has 1 atom stereocenters. The van der Waals surface area contributed by atoms with Gasteiger partial charge in [-0.1, -0.05) is 24.3 Å². The van der Waals surface area contributed by atoms with Gasteiger partial charge >= 0.3 is 6.01 Å². The molecule has 0 saturated heterocycles. The monoisotopic (exact) mass is 436 g/mol. The Balaban J connectivity index is 1.62. The summed E-state index contributed by atoms with van der Waals surface area (Å²) in [6, 6.07) is 19.5. The van der Waals surface area contributed by atoms with Crippen LogP contribution in [0, 0.1) is 11.6 Å². The molecule has 0 aliphatic heterocycles. The molecule has 0 fully saturated rings. The van der Waals surface area contributed by atoms with Crippen molar-refractivity contribution in [3.05, 3.63) is 90.0 Å². The summed E-state index contributed by atoms with van der Waals surface area (Å²) in [4.78, 5) is 4.45. The van der Waals surface area contributed by atoms with Crippen LogP contribution in [-0.4, -0.2) is 32.5 Å². The molecule has 2 N–H and O–H groups in total. The van der Waals surface area contributed by atoms with E-state index in [-0.39, 0.29) is 24.3 Å². The Labute approximate surface area is 184 Å². The number of anilines is 1. The van der Waals surface area contributed by atoms with E-state index in [4.69, 9.17) is 4.74 Å². The Morgan fingerprint density at radius 3 is 2.44 bits per heavy atom. The molecule has 32 heavy (non-hydrogen) atoms. The van der Waals surface area contributed by atoms with Gasteiger partial charge in [0, 0.05) is 17.8 Å². The third-order valence-corrected chi connectivity index (χ3v) is 4.67. The number of benzene rings is 3. The highest BCUT2D eigenvalue weighted by atomic mass is 19.1. The van der Waals surface area contributed by atoms with Gasteiger partial charge in [0.1, 0.15) is 18.2 Å². The second kappa shape index (κ2) is 9.57. The normalized spacial score (nSPS) is 11.9. The first-order chi connectivity index (χ1) is 15.5. The van der Waals surface area contributed by atoms with E-state index >= 15 is 0 Å². The second-order valence-electron chi connectivity index (χ2n) is 7.33. The van der Waals surface area contributed by atoms with Crippen LogP contribution in [0.5, 0.6) is 6.01 Å². The zero-order valence-corrected chi connectivity index (χ0v) is 17.4. The van der Waals surface area contributed by atoms with E-state index < -0.39 is 6.10 Å². The molecular weight excluding hydrogens is 414 g/mol. The summed E-state index contributed by atoms with van der Waals surface area (Å²) in [5.74, 6) is -0.289. The molecule has 1 unspecified atom stereocenters. The Morgan fingerprint density at radius 2 is 1.75 bits per heavy atom. The van der Waals surface area contributed by atoms with Gasteiger partial charge in [0.05, 0.1) is 11.8 Å². The van der Waals surface area contributed by atoms with Crippen molar-refractivity contribution in [2.45, 2.75) is 19.6 Å². The Morgan fingerprint density at radius 1 is 1.00 bits per heavy atom. The van der Waals surface area contributed by atoms with Crippen LogP contribution in [0.15, 0.2) is 72.8 Å². The maximum atomic E-state index is 13.9. The van der Waals surface area contributed by atoms with Crippen molar-refractivity contribution in [1.82, 2.24) is 14.8 Å². The lowest BCUT2D eigenvalue weighted by Crippen LogP contribution is -2.15. The van der Waals surface area contributed by atoms with Gasteiger partial charge in [-0.2, -0.15) is 4.98 Å². The van der Waals surface area contributed by atoms with Crippen LogP contribution in [0.3, 0.4) is 0 Å². The number of aromatic nitrogens is 3. The largest absolute Gasteiger partial charge is 0.457 e. The van der Waals surface area contributed by atoms with Gasteiger partial charge in [-0.05, 0) is 61.0 Å². The summed E-state index contributed by atoms with van der Waals surface area (Å²) >= 11 is 0. The quantitative estimate of drug-likeness (QED) is 0.423. The van der Waals surface area contributed by atoms with Crippen molar-refractivity contribution in [2.24, 2.45) is 0 Å². The zero-order chi connectivity index (χ0) is 22.5. The average molecular weight is 436 g/mol. The predicted molar refractivity (Wildman–Crippen MR) is 118 cm³/mol. The Kier molecular flexibility index (Phi) is 6.42. The average Bonchev–Trinajstić information content (AvgIpc) is 3.22. The van der Waals surface area contributed by atoms with E-state index in [9.17, 15) is 13.9 Å². The molecule has 1 aromatic heterocycles. The van der Waals surface area contributed by atoms with E-state index in [1.807, 2.05) is 24.3 Å².